The Morgan fingerprint density at radius 2 is 1.84 bits per heavy atom. The molecule has 1 fully saturated rings. The first-order valence-electron chi connectivity index (χ1n) is 9.12. The van der Waals surface area contributed by atoms with Crippen molar-refractivity contribution in [3.63, 3.8) is 0 Å². The summed E-state index contributed by atoms with van der Waals surface area (Å²) in [5, 5.41) is 13.5. The molecule has 25 heavy (non-hydrogen) atoms. The molecule has 0 amide bonds. The number of benzene rings is 1. The SMILES string of the molecule is CC(C)(C)C1(CC#N)CCN(Cc2ccc(-n3cccn3)cc2)CC1. The summed E-state index contributed by atoms with van der Waals surface area (Å²) in [7, 11) is 0. The highest BCUT2D eigenvalue weighted by atomic mass is 15.3. The molecule has 1 aromatic heterocycles. The third-order valence-electron chi connectivity index (χ3n) is 5.93. The van der Waals surface area contributed by atoms with E-state index in [9.17, 15) is 5.26 Å². The topological polar surface area (TPSA) is 44.9 Å². The van der Waals surface area contributed by atoms with Gasteiger partial charge in [0, 0.05) is 25.4 Å². The quantitative estimate of drug-likeness (QED) is 0.830. The summed E-state index contributed by atoms with van der Waals surface area (Å²) in [6.07, 6.45) is 6.64. The van der Waals surface area contributed by atoms with Gasteiger partial charge in [0.1, 0.15) is 0 Å². The Hall–Kier alpha value is -2.12. The Bertz CT molecular complexity index is 709. The fourth-order valence-corrected chi connectivity index (χ4v) is 3.92. The van der Waals surface area contributed by atoms with Crippen LogP contribution in [0.25, 0.3) is 5.69 Å². The van der Waals surface area contributed by atoms with Gasteiger partial charge in [0.2, 0.25) is 0 Å². The lowest BCUT2D eigenvalue weighted by atomic mass is 9.60. The molecule has 0 bridgehead atoms. The van der Waals surface area contributed by atoms with E-state index in [1.54, 1.807) is 6.20 Å². The molecule has 1 aliphatic heterocycles. The number of aromatic nitrogens is 2. The van der Waals surface area contributed by atoms with E-state index < -0.39 is 0 Å². The second-order valence-corrected chi connectivity index (χ2v) is 8.26. The van der Waals surface area contributed by atoms with E-state index in [0.717, 1.165) is 38.2 Å². The molecule has 132 valence electrons. The van der Waals surface area contributed by atoms with Gasteiger partial charge >= 0.3 is 0 Å². The van der Waals surface area contributed by atoms with Crippen LogP contribution >= 0.6 is 0 Å². The smallest absolute Gasteiger partial charge is 0.0645 e. The minimum absolute atomic E-state index is 0.155. The second kappa shape index (κ2) is 7.01. The standard InChI is InChI=1S/C21H28N4/c1-20(2,3)21(9-12-22)10-15-24(16-11-21)17-18-5-7-19(8-6-18)25-14-4-13-23-25/h4-8,13-14H,9-11,15-17H2,1-3H3. The molecular weight excluding hydrogens is 308 g/mol. The number of rotatable bonds is 4. The van der Waals surface area contributed by atoms with Crippen LogP contribution in [0.1, 0.15) is 45.6 Å². The molecule has 0 aliphatic carbocycles. The van der Waals surface area contributed by atoms with Crippen molar-refractivity contribution in [3.05, 3.63) is 48.3 Å². The summed E-state index contributed by atoms with van der Waals surface area (Å²) >= 11 is 0. The molecule has 1 saturated heterocycles. The Morgan fingerprint density at radius 3 is 2.36 bits per heavy atom. The summed E-state index contributed by atoms with van der Waals surface area (Å²) in [4.78, 5) is 2.52. The molecule has 0 N–H and O–H groups in total. The van der Waals surface area contributed by atoms with E-state index in [1.165, 1.54) is 5.56 Å². The third kappa shape index (κ3) is 3.77. The van der Waals surface area contributed by atoms with Crippen LogP contribution in [0.4, 0.5) is 0 Å². The van der Waals surface area contributed by atoms with Crippen molar-refractivity contribution in [3.8, 4) is 11.8 Å². The van der Waals surface area contributed by atoms with Crippen LogP contribution in [-0.2, 0) is 6.54 Å². The predicted octanol–water partition coefficient (Wildman–Crippen LogP) is 4.41. The van der Waals surface area contributed by atoms with Crippen molar-refractivity contribution in [2.75, 3.05) is 13.1 Å². The van der Waals surface area contributed by atoms with E-state index in [4.69, 9.17) is 0 Å². The van der Waals surface area contributed by atoms with Gasteiger partial charge in [0.25, 0.3) is 0 Å². The number of hydrogen-bond donors (Lipinski definition) is 0. The summed E-state index contributed by atoms with van der Waals surface area (Å²) in [5.41, 5.74) is 2.76. The lowest BCUT2D eigenvalue weighted by Gasteiger charge is -2.49. The molecule has 0 radical (unpaired) electrons. The first-order chi connectivity index (χ1) is 11.9. The highest BCUT2D eigenvalue weighted by Gasteiger charge is 2.43. The Balaban J connectivity index is 1.61. The van der Waals surface area contributed by atoms with Crippen LogP contribution in [0.15, 0.2) is 42.7 Å². The minimum Gasteiger partial charge on any atom is -0.299 e. The Morgan fingerprint density at radius 1 is 1.16 bits per heavy atom. The van der Waals surface area contributed by atoms with Crippen LogP contribution < -0.4 is 0 Å². The molecule has 4 nitrogen and oxygen atoms in total. The van der Waals surface area contributed by atoms with Crippen molar-refractivity contribution < 1.29 is 0 Å². The van der Waals surface area contributed by atoms with Crippen molar-refractivity contribution in [2.45, 2.75) is 46.6 Å². The molecule has 0 saturated carbocycles. The number of nitrogens with zero attached hydrogens (tertiary/aromatic N) is 4. The fourth-order valence-electron chi connectivity index (χ4n) is 3.92. The maximum absolute atomic E-state index is 9.28. The number of likely N-dealkylation sites (tertiary alicyclic amines) is 1. The van der Waals surface area contributed by atoms with Crippen molar-refractivity contribution in [1.29, 1.82) is 5.26 Å². The van der Waals surface area contributed by atoms with Crippen LogP contribution in [0.3, 0.4) is 0 Å². The van der Waals surface area contributed by atoms with Crippen LogP contribution in [0, 0.1) is 22.2 Å². The van der Waals surface area contributed by atoms with Gasteiger partial charge in [0.05, 0.1) is 11.8 Å². The molecule has 1 aliphatic rings. The van der Waals surface area contributed by atoms with Gasteiger partial charge in [-0.1, -0.05) is 32.9 Å². The average Bonchev–Trinajstić information content (AvgIpc) is 3.11. The Kier molecular flexibility index (Phi) is 4.96. The highest BCUT2D eigenvalue weighted by Crippen LogP contribution is 2.49. The monoisotopic (exact) mass is 336 g/mol. The van der Waals surface area contributed by atoms with Crippen LogP contribution in [-0.4, -0.2) is 27.8 Å². The molecule has 2 heterocycles. The highest BCUT2D eigenvalue weighted by molar-refractivity contribution is 5.33. The lowest BCUT2D eigenvalue weighted by molar-refractivity contribution is 0.00711. The number of hydrogen-bond acceptors (Lipinski definition) is 3. The maximum atomic E-state index is 9.28. The minimum atomic E-state index is 0.155. The maximum Gasteiger partial charge on any atom is 0.0645 e. The third-order valence-corrected chi connectivity index (χ3v) is 5.93. The zero-order valence-corrected chi connectivity index (χ0v) is 15.6. The number of piperidine rings is 1. The summed E-state index contributed by atoms with van der Waals surface area (Å²) < 4.78 is 1.88. The van der Waals surface area contributed by atoms with Crippen molar-refractivity contribution in [2.24, 2.45) is 10.8 Å². The lowest BCUT2D eigenvalue weighted by Crippen LogP contribution is -2.46. The van der Waals surface area contributed by atoms with E-state index >= 15 is 0 Å². The number of nitriles is 1. The van der Waals surface area contributed by atoms with Gasteiger partial charge < -0.3 is 0 Å². The summed E-state index contributed by atoms with van der Waals surface area (Å²) in [6, 6.07) is 13.0. The molecule has 3 rings (SSSR count). The average molecular weight is 336 g/mol. The van der Waals surface area contributed by atoms with Gasteiger partial charge in [0.15, 0.2) is 0 Å². The van der Waals surface area contributed by atoms with Gasteiger partial charge in [-0.05, 0) is 60.5 Å². The molecule has 1 aromatic carbocycles. The zero-order chi connectivity index (χ0) is 17.9. The molecule has 0 atom stereocenters. The molecular formula is C21H28N4. The second-order valence-electron chi connectivity index (χ2n) is 8.26. The predicted molar refractivity (Wildman–Crippen MR) is 100 cm³/mol. The van der Waals surface area contributed by atoms with E-state index in [2.05, 4.69) is 61.1 Å². The van der Waals surface area contributed by atoms with Gasteiger partial charge in [-0.3, -0.25) is 4.90 Å². The Labute approximate surface area is 151 Å². The van der Waals surface area contributed by atoms with Crippen molar-refractivity contribution in [1.82, 2.24) is 14.7 Å². The van der Waals surface area contributed by atoms with Gasteiger partial charge in [-0.15, -0.1) is 0 Å². The van der Waals surface area contributed by atoms with Crippen LogP contribution in [0.5, 0.6) is 0 Å². The first-order valence-corrected chi connectivity index (χ1v) is 9.12. The summed E-state index contributed by atoms with van der Waals surface area (Å²) in [5.74, 6) is 0. The van der Waals surface area contributed by atoms with Gasteiger partial charge in [-0.25, -0.2) is 4.68 Å². The molecule has 0 unspecified atom stereocenters. The zero-order valence-electron chi connectivity index (χ0n) is 15.6. The largest absolute Gasteiger partial charge is 0.299 e. The van der Waals surface area contributed by atoms with E-state index in [1.807, 2.05) is 16.9 Å². The normalized spacial score (nSPS) is 18.0. The molecule has 2 aromatic rings. The molecule has 0 spiro atoms. The molecule has 4 heteroatoms. The van der Waals surface area contributed by atoms with Gasteiger partial charge in [-0.2, -0.15) is 10.4 Å². The first kappa shape index (κ1) is 17.7. The fraction of sp³-hybridized carbons (Fsp3) is 0.524. The summed E-state index contributed by atoms with van der Waals surface area (Å²) in [6.45, 7) is 9.97. The van der Waals surface area contributed by atoms with E-state index in [-0.39, 0.29) is 10.8 Å². The van der Waals surface area contributed by atoms with Crippen LogP contribution in [0.2, 0.25) is 0 Å². The van der Waals surface area contributed by atoms with E-state index in [0.29, 0.717) is 6.42 Å². The van der Waals surface area contributed by atoms with Crippen molar-refractivity contribution >= 4 is 0 Å².